The van der Waals surface area contributed by atoms with Gasteiger partial charge in [-0.1, -0.05) is 30.3 Å². The molecule has 4 heteroatoms. The Labute approximate surface area is 108 Å². The number of benzene rings is 1. The summed E-state index contributed by atoms with van der Waals surface area (Å²) in [6.07, 6.45) is -0.380. The molecule has 1 aromatic rings. The van der Waals surface area contributed by atoms with Crippen LogP contribution < -0.4 is 0 Å². The van der Waals surface area contributed by atoms with Crippen molar-refractivity contribution in [1.82, 2.24) is 4.90 Å². The summed E-state index contributed by atoms with van der Waals surface area (Å²) in [5, 5.41) is 18.3. The minimum absolute atomic E-state index is 0.0872. The standard InChI is InChI=1S/C14H21NO3/c1-11(16)10-15(9-8-14(17)18)12(2)13-6-4-3-5-7-13/h3-7,11-12,16H,8-10H2,1-2H3,(H,17,18). The number of rotatable bonds is 7. The van der Waals surface area contributed by atoms with E-state index in [1.807, 2.05) is 42.2 Å². The summed E-state index contributed by atoms with van der Waals surface area (Å²) < 4.78 is 0. The Kier molecular flexibility index (Phi) is 5.82. The van der Waals surface area contributed by atoms with Gasteiger partial charge in [0.2, 0.25) is 0 Å². The van der Waals surface area contributed by atoms with E-state index in [9.17, 15) is 9.90 Å². The third kappa shape index (κ3) is 4.85. The molecule has 0 heterocycles. The van der Waals surface area contributed by atoms with Crippen LogP contribution in [0.2, 0.25) is 0 Å². The number of hydrogen-bond acceptors (Lipinski definition) is 3. The minimum atomic E-state index is -0.814. The van der Waals surface area contributed by atoms with Gasteiger partial charge in [-0.2, -0.15) is 0 Å². The predicted molar refractivity (Wildman–Crippen MR) is 70.4 cm³/mol. The Morgan fingerprint density at radius 2 is 1.89 bits per heavy atom. The lowest BCUT2D eigenvalue weighted by Crippen LogP contribution is -2.35. The molecule has 2 atom stereocenters. The van der Waals surface area contributed by atoms with Crippen LogP contribution in [0.3, 0.4) is 0 Å². The summed E-state index contributed by atoms with van der Waals surface area (Å²) in [6.45, 7) is 4.66. The highest BCUT2D eigenvalue weighted by atomic mass is 16.4. The van der Waals surface area contributed by atoms with E-state index in [2.05, 4.69) is 0 Å². The van der Waals surface area contributed by atoms with Gasteiger partial charge in [0.05, 0.1) is 12.5 Å². The van der Waals surface area contributed by atoms with E-state index in [0.717, 1.165) is 5.56 Å². The third-order valence-corrected chi connectivity index (χ3v) is 2.94. The minimum Gasteiger partial charge on any atom is -0.481 e. The predicted octanol–water partition coefficient (Wildman–Crippen LogP) is 1.91. The van der Waals surface area contributed by atoms with Crippen molar-refractivity contribution in [2.45, 2.75) is 32.4 Å². The van der Waals surface area contributed by atoms with Crippen molar-refractivity contribution in [2.24, 2.45) is 0 Å². The number of aliphatic hydroxyl groups excluding tert-OH is 1. The molecule has 0 aromatic heterocycles. The van der Waals surface area contributed by atoms with Gasteiger partial charge in [-0.3, -0.25) is 9.69 Å². The van der Waals surface area contributed by atoms with Crippen LogP contribution in [0.1, 0.15) is 31.9 Å². The van der Waals surface area contributed by atoms with Crippen LogP contribution in [0.25, 0.3) is 0 Å². The molecule has 2 unspecified atom stereocenters. The molecule has 0 bridgehead atoms. The van der Waals surface area contributed by atoms with E-state index in [-0.39, 0.29) is 12.5 Å². The molecule has 1 aromatic carbocycles. The highest BCUT2D eigenvalue weighted by molar-refractivity contribution is 5.66. The van der Waals surface area contributed by atoms with Crippen molar-refractivity contribution in [3.63, 3.8) is 0 Å². The van der Waals surface area contributed by atoms with E-state index >= 15 is 0 Å². The van der Waals surface area contributed by atoms with E-state index in [1.54, 1.807) is 6.92 Å². The zero-order chi connectivity index (χ0) is 13.5. The van der Waals surface area contributed by atoms with Gasteiger partial charge in [0.15, 0.2) is 0 Å². The van der Waals surface area contributed by atoms with Crippen LogP contribution >= 0.6 is 0 Å². The lowest BCUT2D eigenvalue weighted by atomic mass is 10.1. The molecular formula is C14H21NO3. The van der Waals surface area contributed by atoms with Gasteiger partial charge < -0.3 is 10.2 Å². The molecule has 0 radical (unpaired) electrons. The fourth-order valence-electron chi connectivity index (χ4n) is 1.96. The molecule has 0 aliphatic carbocycles. The number of aliphatic hydroxyl groups is 1. The Hall–Kier alpha value is -1.39. The monoisotopic (exact) mass is 251 g/mol. The Morgan fingerprint density at radius 3 is 2.39 bits per heavy atom. The Morgan fingerprint density at radius 1 is 1.28 bits per heavy atom. The Bertz CT molecular complexity index is 365. The van der Waals surface area contributed by atoms with Gasteiger partial charge in [0.25, 0.3) is 0 Å². The fourth-order valence-corrected chi connectivity index (χ4v) is 1.96. The van der Waals surface area contributed by atoms with Crippen LogP contribution in [-0.2, 0) is 4.79 Å². The maximum Gasteiger partial charge on any atom is 0.304 e. The summed E-state index contributed by atoms with van der Waals surface area (Å²) in [7, 11) is 0. The zero-order valence-electron chi connectivity index (χ0n) is 10.9. The highest BCUT2D eigenvalue weighted by Crippen LogP contribution is 2.20. The van der Waals surface area contributed by atoms with Crippen molar-refractivity contribution in [2.75, 3.05) is 13.1 Å². The molecule has 0 aliphatic rings. The van der Waals surface area contributed by atoms with Gasteiger partial charge in [-0.25, -0.2) is 0 Å². The number of carbonyl (C=O) groups is 1. The van der Waals surface area contributed by atoms with Crippen molar-refractivity contribution < 1.29 is 15.0 Å². The first kappa shape index (κ1) is 14.7. The van der Waals surface area contributed by atoms with Crippen molar-refractivity contribution in [3.8, 4) is 0 Å². The van der Waals surface area contributed by atoms with Gasteiger partial charge in [-0.05, 0) is 19.4 Å². The first-order valence-corrected chi connectivity index (χ1v) is 6.19. The second kappa shape index (κ2) is 7.13. The van der Waals surface area contributed by atoms with Crippen LogP contribution in [-0.4, -0.2) is 40.3 Å². The Balaban J connectivity index is 2.72. The van der Waals surface area contributed by atoms with Gasteiger partial charge in [0.1, 0.15) is 0 Å². The molecule has 0 saturated carbocycles. The number of hydrogen-bond donors (Lipinski definition) is 2. The molecule has 100 valence electrons. The van der Waals surface area contributed by atoms with E-state index in [0.29, 0.717) is 13.1 Å². The van der Waals surface area contributed by atoms with Gasteiger partial charge in [0, 0.05) is 19.1 Å². The second-order valence-corrected chi connectivity index (χ2v) is 4.57. The molecule has 18 heavy (non-hydrogen) atoms. The number of carboxylic acid groups (broad SMARTS) is 1. The van der Waals surface area contributed by atoms with E-state index < -0.39 is 12.1 Å². The van der Waals surface area contributed by atoms with Crippen LogP contribution in [0.5, 0.6) is 0 Å². The lowest BCUT2D eigenvalue weighted by molar-refractivity contribution is -0.137. The molecular weight excluding hydrogens is 230 g/mol. The second-order valence-electron chi connectivity index (χ2n) is 4.57. The maximum atomic E-state index is 10.7. The smallest absolute Gasteiger partial charge is 0.304 e. The normalized spacial score (nSPS) is 14.4. The van der Waals surface area contributed by atoms with Crippen molar-refractivity contribution >= 4 is 5.97 Å². The molecule has 0 saturated heterocycles. The zero-order valence-corrected chi connectivity index (χ0v) is 10.9. The van der Waals surface area contributed by atoms with E-state index in [1.165, 1.54) is 0 Å². The topological polar surface area (TPSA) is 60.8 Å². The van der Waals surface area contributed by atoms with Crippen LogP contribution in [0.4, 0.5) is 0 Å². The van der Waals surface area contributed by atoms with Crippen molar-refractivity contribution in [3.05, 3.63) is 35.9 Å². The third-order valence-electron chi connectivity index (χ3n) is 2.94. The summed E-state index contributed by atoms with van der Waals surface area (Å²) >= 11 is 0. The molecule has 2 N–H and O–H groups in total. The number of carboxylic acids is 1. The first-order valence-electron chi connectivity index (χ1n) is 6.19. The van der Waals surface area contributed by atoms with Crippen LogP contribution in [0, 0.1) is 0 Å². The quantitative estimate of drug-likeness (QED) is 0.777. The average molecular weight is 251 g/mol. The fraction of sp³-hybridized carbons (Fsp3) is 0.500. The van der Waals surface area contributed by atoms with Gasteiger partial charge >= 0.3 is 5.97 Å². The summed E-state index contributed by atoms with van der Waals surface area (Å²) in [5.41, 5.74) is 1.13. The molecule has 0 amide bonds. The van der Waals surface area contributed by atoms with Crippen molar-refractivity contribution in [1.29, 1.82) is 0 Å². The number of nitrogens with zero attached hydrogens (tertiary/aromatic N) is 1. The van der Waals surface area contributed by atoms with Crippen LogP contribution in [0.15, 0.2) is 30.3 Å². The SMILES string of the molecule is CC(O)CN(CCC(=O)O)C(C)c1ccccc1. The van der Waals surface area contributed by atoms with Gasteiger partial charge in [-0.15, -0.1) is 0 Å². The lowest BCUT2D eigenvalue weighted by Gasteiger charge is -2.30. The molecule has 4 nitrogen and oxygen atoms in total. The molecule has 0 aliphatic heterocycles. The summed E-state index contributed by atoms with van der Waals surface area (Å²) in [5.74, 6) is -0.814. The number of aliphatic carboxylic acids is 1. The summed E-state index contributed by atoms with van der Waals surface area (Å²) in [4.78, 5) is 12.7. The molecule has 0 spiro atoms. The average Bonchev–Trinajstić information content (AvgIpc) is 2.34. The van der Waals surface area contributed by atoms with E-state index in [4.69, 9.17) is 5.11 Å². The maximum absolute atomic E-state index is 10.7. The molecule has 0 fully saturated rings. The molecule has 1 rings (SSSR count). The summed E-state index contributed by atoms with van der Waals surface area (Å²) in [6, 6.07) is 10.0. The first-order chi connectivity index (χ1) is 8.50. The largest absolute Gasteiger partial charge is 0.481 e. The highest BCUT2D eigenvalue weighted by Gasteiger charge is 2.18.